The van der Waals surface area contributed by atoms with Crippen molar-refractivity contribution in [3.05, 3.63) is 62.6 Å². The number of fused-ring (bicyclic) bond motifs is 1. The van der Waals surface area contributed by atoms with E-state index in [0.29, 0.717) is 47.9 Å². The predicted molar refractivity (Wildman–Crippen MR) is 137 cm³/mol. The number of rotatable bonds is 8. The van der Waals surface area contributed by atoms with E-state index in [0.717, 1.165) is 17.3 Å². The highest BCUT2D eigenvalue weighted by Gasteiger charge is 2.30. The topological polar surface area (TPSA) is 113 Å². The van der Waals surface area contributed by atoms with Gasteiger partial charge in [0.1, 0.15) is 23.6 Å². The van der Waals surface area contributed by atoms with Crippen LogP contribution in [0.5, 0.6) is 5.75 Å². The van der Waals surface area contributed by atoms with Crippen molar-refractivity contribution in [2.24, 2.45) is 0 Å². The van der Waals surface area contributed by atoms with Crippen LogP contribution < -0.4 is 4.18 Å². The van der Waals surface area contributed by atoms with Gasteiger partial charge in [-0.3, -0.25) is 9.48 Å². The Kier molecular flexibility index (Phi) is 8.82. The molecule has 0 radical (unpaired) electrons. The molecule has 10 nitrogen and oxygen atoms in total. The van der Waals surface area contributed by atoms with Crippen LogP contribution >= 0.6 is 11.3 Å². The second kappa shape index (κ2) is 12.2. The smallest absolute Gasteiger partial charge is 0.306 e. The number of thiazole rings is 1. The van der Waals surface area contributed by atoms with Crippen molar-refractivity contribution in [3.63, 3.8) is 0 Å². The van der Waals surface area contributed by atoms with Gasteiger partial charge < -0.3 is 18.6 Å². The molecule has 2 aromatic heterocycles. The van der Waals surface area contributed by atoms with Crippen LogP contribution in [0.25, 0.3) is 0 Å². The van der Waals surface area contributed by atoms with E-state index in [1.807, 2.05) is 0 Å². The van der Waals surface area contributed by atoms with Gasteiger partial charge in [-0.25, -0.2) is 26.9 Å². The van der Waals surface area contributed by atoms with Crippen LogP contribution in [0.15, 0.2) is 23.6 Å². The molecule has 3 aromatic rings. The monoisotopic (exact) mass is 636 g/mol. The zero-order valence-electron chi connectivity index (χ0n) is 22.0. The molecule has 5 rings (SSSR count). The third-order valence-corrected chi connectivity index (χ3v) is 8.35. The van der Waals surface area contributed by atoms with Gasteiger partial charge in [-0.2, -0.15) is 13.5 Å². The summed E-state index contributed by atoms with van der Waals surface area (Å²) >= 11 is 1.37. The molecule has 0 N–H and O–H groups in total. The first-order valence-electron chi connectivity index (χ1n) is 12.7. The van der Waals surface area contributed by atoms with Gasteiger partial charge in [-0.05, 0) is 30.5 Å². The number of carbonyl (C=O) groups is 1. The maximum Gasteiger partial charge on any atom is 0.306 e. The van der Waals surface area contributed by atoms with Gasteiger partial charge in [0.25, 0.3) is 12.9 Å². The van der Waals surface area contributed by atoms with Crippen molar-refractivity contribution in [1.29, 1.82) is 0 Å². The Balaban J connectivity index is 1.19. The summed E-state index contributed by atoms with van der Waals surface area (Å²) in [6.07, 6.45) is -5.11. The maximum absolute atomic E-state index is 14.4. The van der Waals surface area contributed by atoms with E-state index in [9.17, 15) is 35.2 Å². The molecule has 1 fully saturated rings. The van der Waals surface area contributed by atoms with Crippen LogP contribution in [0.3, 0.4) is 0 Å². The number of hydrogen-bond donors (Lipinski definition) is 0. The van der Waals surface area contributed by atoms with Gasteiger partial charge in [0.2, 0.25) is 12.2 Å². The Bertz CT molecular complexity index is 1560. The number of halogens is 5. The third kappa shape index (κ3) is 6.74. The van der Waals surface area contributed by atoms with Crippen molar-refractivity contribution in [3.8, 4) is 5.75 Å². The van der Waals surface area contributed by atoms with E-state index < -0.39 is 64.7 Å². The summed E-state index contributed by atoms with van der Waals surface area (Å²) in [5, 5.41) is 6.00. The Hall–Kier alpha value is -3.15. The second-order valence-electron chi connectivity index (χ2n) is 9.77. The molecule has 0 saturated carbocycles. The molecule has 1 atom stereocenters. The average molecular weight is 637 g/mol. The lowest BCUT2D eigenvalue weighted by Gasteiger charge is -2.31. The fourth-order valence-electron chi connectivity index (χ4n) is 4.78. The molecule has 1 saturated heterocycles. The number of likely N-dealkylation sites (tertiary alicyclic amines) is 1. The number of carbonyl (C=O) groups excluding carboxylic acids is 1. The standard InChI is InChI=1S/C25H25F5N4O6S2/c1-42(36,37)40-21-15-11-39-25(38-10-14(15)2-3-16(21)26)18-12-41-24(31-18)13-4-6-33(7-5-13)20(35)9-34-19(23(29)30)8-17(32-34)22(27)28/h2-3,8,12-13,22-23,25H,4-7,9-11H2,1H3. The molecule has 0 spiro atoms. The molecule has 42 heavy (non-hydrogen) atoms. The van der Waals surface area contributed by atoms with Crippen LogP contribution in [0.1, 0.15) is 71.1 Å². The quantitative estimate of drug-likeness (QED) is 0.255. The zero-order chi connectivity index (χ0) is 30.2. The van der Waals surface area contributed by atoms with E-state index in [-0.39, 0.29) is 24.7 Å². The van der Waals surface area contributed by atoms with Crippen LogP contribution in [-0.4, -0.2) is 53.3 Å². The number of aromatic nitrogens is 3. The van der Waals surface area contributed by atoms with Gasteiger partial charge in [0.05, 0.1) is 24.5 Å². The first-order chi connectivity index (χ1) is 19.9. The maximum atomic E-state index is 14.4. The van der Waals surface area contributed by atoms with Crippen molar-refractivity contribution in [2.75, 3.05) is 19.3 Å². The van der Waals surface area contributed by atoms with Gasteiger partial charge >= 0.3 is 10.1 Å². The second-order valence-corrected chi connectivity index (χ2v) is 12.2. The fraction of sp³-hybridized carbons (Fsp3) is 0.480. The molecular formula is C25H25F5N4O6S2. The fourth-order valence-corrected chi connectivity index (χ4v) is 6.25. The molecule has 2 aliphatic heterocycles. The molecule has 1 aromatic carbocycles. The summed E-state index contributed by atoms with van der Waals surface area (Å²) in [5.41, 5.74) is -0.348. The van der Waals surface area contributed by atoms with Gasteiger partial charge in [-0.15, -0.1) is 11.3 Å². The molecule has 2 aliphatic rings. The van der Waals surface area contributed by atoms with Crippen LogP contribution in [0.2, 0.25) is 0 Å². The van der Waals surface area contributed by atoms with Gasteiger partial charge in [0, 0.05) is 30.0 Å². The summed E-state index contributed by atoms with van der Waals surface area (Å²) < 4.78 is 107. The van der Waals surface area contributed by atoms with E-state index in [2.05, 4.69) is 10.1 Å². The number of benzene rings is 1. The van der Waals surface area contributed by atoms with Crippen LogP contribution in [0, 0.1) is 5.82 Å². The SMILES string of the molecule is CS(=O)(=O)Oc1c(F)ccc2c1COC(c1csc(C3CCN(C(=O)Cn4nc(C(F)F)cc4C(F)F)CC3)n1)OC2. The largest absolute Gasteiger partial charge is 0.379 e. The zero-order valence-corrected chi connectivity index (χ0v) is 23.6. The Morgan fingerprint density at radius 3 is 2.52 bits per heavy atom. The summed E-state index contributed by atoms with van der Waals surface area (Å²) in [5.74, 6) is -1.80. The number of alkyl halides is 4. The van der Waals surface area contributed by atoms with E-state index in [4.69, 9.17) is 13.7 Å². The van der Waals surface area contributed by atoms with Crippen molar-refractivity contribution >= 4 is 27.4 Å². The lowest BCUT2D eigenvalue weighted by Crippen LogP contribution is -2.40. The number of piperidine rings is 1. The van der Waals surface area contributed by atoms with Crippen molar-refractivity contribution < 1.29 is 48.8 Å². The number of hydrogen-bond acceptors (Lipinski definition) is 9. The Labute approximate surface area is 241 Å². The molecule has 0 aliphatic carbocycles. The van der Waals surface area contributed by atoms with Crippen molar-refractivity contribution in [1.82, 2.24) is 19.7 Å². The summed E-state index contributed by atoms with van der Waals surface area (Å²) in [7, 11) is -3.99. The molecular weight excluding hydrogens is 611 g/mol. The van der Waals surface area contributed by atoms with Crippen LogP contribution in [0.4, 0.5) is 22.0 Å². The first kappa shape index (κ1) is 30.3. The lowest BCUT2D eigenvalue weighted by molar-refractivity contribution is -0.155. The highest BCUT2D eigenvalue weighted by molar-refractivity contribution is 7.86. The Morgan fingerprint density at radius 2 is 1.86 bits per heavy atom. The third-order valence-electron chi connectivity index (χ3n) is 6.85. The molecule has 1 amide bonds. The molecule has 228 valence electrons. The van der Waals surface area contributed by atoms with Crippen LogP contribution in [-0.2, 0) is 44.1 Å². The van der Waals surface area contributed by atoms with E-state index in [1.54, 1.807) is 5.38 Å². The molecule has 1 unspecified atom stereocenters. The highest BCUT2D eigenvalue weighted by atomic mass is 32.2. The lowest BCUT2D eigenvalue weighted by atomic mass is 9.97. The molecule has 4 heterocycles. The molecule has 0 bridgehead atoms. The summed E-state index contributed by atoms with van der Waals surface area (Å²) in [6.45, 7) is -0.135. The minimum atomic E-state index is -3.99. The van der Waals surface area contributed by atoms with E-state index in [1.165, 1.54) is 22.3 Å². The summed E-state index contributed by atoms with van der Waals surface area (Å²) in [6, 6.07) is 3.16. The number of amides is 1. The highest BCUT2D eigenvalue weighted by Crippen LogP contribution is 2.37. The predicted octanol–water partition coefficient (Wildman–Crippen LogP) is 4.84. The van der Waals surface area contributed by atoms with Gasteiger partial charge in [-0.1, -0.05) is 6.07 Å². The average Bonchev–Trinajstić information content (AvgIpc) is 3.53. The molecule has 17 heteroatoms. The number of ether oxygens (including phenoxy) is 2. The van der Waals surface area contributed by atoms with Gasteiger partial charge in [0.15, 0.2) is 11.6 Å². The van der Waals surface area contributed by atoms with E-state index >= 15 is 0 Å². The minimum absolute atomic E-state index is 0.00387. The normalized spacial score (nSPS) is 18.4. The number of nitrogens with zero attached hydrogens (tertiary/aromatic N) is 4. The summed E-state index contributed by atoms with van der Waals surface area (Å²) in [4.78, 5) is 18.9. The first-order valence-corrected chi connectivity index (χ1v) is 15.4. The Morgan fingerprint density at radius 1 is 1.14 bits per heavy atom. The van der Waals surface area contributed by atoms with Crippen molar-refractivity contribution in [2.45, 2.75) is 57.7 Å². The minimum Gasteiger partial charge on any atom is -0.379 e.